The van der Waals surface area contributed by atoms with Gasteiger partial charge in [0.2, 0.25) is 11.8 Å². The van der Waals surface area contributed by atoms with Gasteiger partial charge in [-0.2, -0.15) is 0 Å². The summed E-state index contributed by atoms with van der Waals surface area (Å²) >= 11 is 0. The molecule has 0 radical (unpaired) electrons. The Kier molecular flexibility index (Phi) is 31.1. The molecule has 0 atom stereocenters. The lowest BCUT2D eigenvalue weighted by Gasteiger charge is -2.35. The zero-order chi connectivity index (χ0) is 74.7. The molecule has 2 aromatic heterocycles. The largest absolute Gasteiger partial charge is 0.493 e. The van der Waals surface area contributed by atoms with Crippen molar-refractivity contribution in [3.05, 3.63) is 123 Å². The van der Waals surface area contributed by atoms with Crippen LogP contribution in [0.5, 0.6) is 34.5 Å². The summed E-state index contributed by atoms with van der Waals surface area (Å²) in [6.45, 7) is 19.2. The van der Waals surface area contributed by atoms with Gasteiger partial charge in [-0.15, -0.1) is 0 Å². The molecule has 2 amide bonds. The van der Waals surface area contributed by atoms with Crippen LogP contribution in [0.25, 0.3) is 22.2 Å². The van der Waals surface area contributed by atoms with Gasteiger partial charge in [0.1, 0.15) is 23.1 Å². The van der Waals surface area contributed by atoms with Gasteiger partial charge in [-0.25, -0.2) is 18.2 Å². The average Bonchev–Trinajstić information content (AvgIpc) is 1.61. The second-order valence-corrected chi connectivity index (χ2v) is 27.7. The smallest absolute Gasteiger partial charge is 0.328 e. The average molecular weight is 1460 g/mol. The number of pyridine rings is 1. The van der Waals surface area contributed by atoms with E-state index in [2.05, 4.69) is 30.5 Å². The number of likely N-dealkylation sites (N-methyl/N-ethyl adjacent to an activating group) is 1. The number of anilines is 3. The van der Waals surface area contributed by atoms with Gasteiger partial charge in [0, 0.05) is 150 Å². The monoisotopic (exact) mass is 1460 g/mol. The molecule has 1 fully saturated rings. The van der Waals surface area contributed by atoms with Crippen LogP contribution < -0.4 is 54.9 Å². The molecule has 0 saturated carbocycles. The van der Waals surface area contributed by atoms with Crippen molar-refractivity contribution in [1.82, 2.24) is 34.6 Å². The minimum atomic E-state index is -4.22. The first-order valence-corrected chi connectivity index (χ1v) is 36.9. The van der Waals surface area contributed by atoms with Crippen molar-refractivity contribution in [3.63, 3.8) is 0 Å². The van der Waals surface area contributed by atoms with Crippen molar-refractivity contribution in [2.75, 3.05) is 161 Å². The second kappa shape index (κ2) is 40.2. The third-order valence-corrected chi connectivity index (χ3v) is 18.9. The number of nitrogens with zero attached hydrogens (tertiary/aromatic N) is 6. The number of Topliss-reactive ketones (excluding diaryl/α,β-unsaturated/α-hetero) is 2. The summed E-state index contributed by atoms with van der Waals surface area (Å²) in [5.41, 5.74) is 6.72. The van der Waals surface area contributed by atoms with Crippen LogP contribution in [0.15, 0.2) is 111 Å². The molecule has 27 nitrogen and oxygen atoms in total. The first-order valence-electron chi connectivity index (χ1n) is 35.5. The number of ether oxygens (including phenoxy) is 9. The van der Waals surface area contributed by atoms with E-state index >= 15 is 0 Å². The van der Waals surface area contributed by atoms with E-state index in [1.807, 2.05) is 83.1 Å². The van der Waals surface area contributed by atoms with Crippen LogP contribution in [0, 0.1) is 5.41 Å². The Hall–Kier alpha value is -9.16. The van der Waals surface area contributed by atoms with Crippen LogP contribution >= 0.6 is 0 Å². The molecule has 0 spiro atoms. The van der Waals surface area contributed by atoms with Gasteiger partial charge in [-0.3, -0.25) is 42.8 Å². The van der Waals surface area contributed by atoms with Gasteiger partial charge in [-0.05, 0) is 126 Å². The lowest BCUT2D eigenvalue weighted by atomic mass is 9.88. The molecule has 28 heteroatoms. The first kappa shape index (κ1) is 80.5. The SMILES string of the molecule is CCCOc1cc(OCCCCN(C)CC(=O)NCCOCCOCCOCCOCCC(=O)NCCN2CCN(c3ccc(-c4cc(NC(C)C)c(C=N)c(C(=O)CCC5=C(C)C=C(C)CC5=O)c4)cn3)CC2)cc(Oc2cc3c(cc2NS(=O)(=O)c2ccc(OC)c(OC)c2)n(C)c(=O)n3C)c1. The number of methoxy groups -OCH3 is 2. The summed E-state index contributed by atoms with van der Waals surface area (Å²) in [5.74, 6) is 2.57. The molecule has 1 aliphatic carbocycles. The van der Waals surface area contributed by atoms with Crippen molar-refractivity contribution in [3.8, 4) is 45.6 Å². The van der Waals surface area contributed by atoms with Gasteiger partial charge < -0.3 is 68.9 Å². The molecule has 2 aliphatic rings. The third-order valence-electron chi connectivity index (χ3n) is 17.5. The quantitative estimate of drug-likeness (QED) is 0.0135. The summed E-state index contributed by atoms with van der Waals surface area (Å²) < 4.78 is 85.0. The Labute approximate surface area is 610 Å². The lowest BCUT2D eigenvalue weighted by Crippen LogP contribution is -2.48. The van der Waals surface area contributed by atoms with E-state index < -0.39 is 10.0 Å². The fourth-order valence-corrected chi connectivity index (χ4v) is 13.1. The highest BCUT2D eigenvalue weighted by atomic mass is 32.2. The molecule has 6 aromatic rings. The number of aromatic nitrogens is 3. The number of ketones is 2. The maximum Gasteiger partial charge on any atom is 0.328 e. The summed E-state index contributed by atoms with van der Waals surface area (Å²) in [6, 6.07) is 20.4. The number of imidazole rings is 1. The van der Waals surface area contributed by atoms with Crippen LogP contribution in [0.4, 0.5) is 17.2 Å². The molecule has 4 aromatic carbocycles. The summed E-state index contributed by atoms with van der Waals surface area (Å²) in [7, 11) is 3.75. The third kappa shape index (κ3) is 23.7. The van der Waals surface area contributed by atoms with E-state index in [-0.39, 0.29) is 83.2 Å². The number of piperazine rings is 1. The van der Waals surface area contributed by atoms with Crippen molar-refractivity contribution in [1.29, 1.82) is 5.41 Å². The molecular weight excluding hydrogens is 1350 g/mol. The molecule has 8 rings (SSSR count). The maximum atomic E-state index is 13.9. The van der Waals surface area contributed by atoms with Crippen LogP contribution in [0.1, 0.15) is 95.5 Å². The highest BCUT2D eigenvalue weighted by Crippen LogP contribution is 2.39. The summed E-state index contributed by atoms with van der Waals surface area (Å²) in [6.07, 6.45) is 8.39. The molecule has 564 valence electrons. The number of unbranched alkanes of at least 4 members (excludes halogenated alkanes) is 1. The molecule has 1 aliphatic heterocycles. The van der Waals surface area contributed by atoms with Gasteiger partial charge in [-0.1, -0.05) is 18.6 Å². The Bertz CT molecular complexity index is 4150. The first-order chi connectivity index (χ1) is 50.1. The molecule has 1 saturated heterocycles. The van der Waals surface area contributed by atoms with E-state index in [4.69, 9.17) is 53.0 Å². The minimum absolute atomic E-state index is 0.0653. The number of allylic oxidation sites excluding steroid dienone is 4. The van der Waals surface area contributed by atoms with E-state index in [0.717, 1.165) is 73.7 Å². The van der Waals surface area contributed by atoms with E-state index in [0.29, 0.717) is 155 Å². The van der Waals surface area contributed by atoms with E-state index in [1.54, 1.807) is 44.4 Å². The molecule has 0 unspecified atom stereocenters. The number of carbonyl (C=O) groups is 4. The fourth-order valence-electron chi connectivity index (χ4n) is 12.1. The van der Waals surface area contributed by atoms with Gasteiger partial charge >= 0.3 is 5.69 Å². The number of benzene rings is 4. The predicted molar refractivity (Wildman–Crippen MR) is 402 cm³/mol. The van der Waals surface area contributed by atoms with Crippen LogP contribution in [0.2, 0.25) is 0 Å². The predicted octanol–water partition coefficient (Wildman–Crippen LogP) is 8.96. The number of hydrogen-bond donors (Lipinski definition) is 5. The van der Waals surface area contributed by atoms with E-state index in [9.17, 15) is 32.4 Å². The number of aryl methyl sites for hydroxylation is 2. The summed E-state index contributed by atoms with van der Waals surface area (Å²) in [4.78, 5) is 76.2. The zero-order valence-corrected chi connectivity index (χ0v) is 62.6. The number of hydrogen-bond acceptors (Lipinski definition) is 22. The fraction of sp³-hybridized carbons (Fsp3) is 0.487. The highest BCUT2D eigenvalue weighted by molar-refractivity contribution is 7.92. The lowest BCUT2D eigenvalue weighted by molar-refractivity contribution is -0.123. The molecule has 3 heterocycles. The van der Waals surface area contributed by atoms with Gasteiger partial charge in [0.05, 0.1) is 108 Å². The van der Waals surface area contributed by atoms with E-state index in [1.165, 1.54) is 47.8 Å². The Morgan fingerprint density at radius 2 is 1.35 bits per heavy atom. The topological polar surface area (TPSA) is 307 Å². The zero-order valence-electron chi connectivity index (χ0n) is 61.7. The normalized spacial score (nSPS) is 13.5. The number of fused-ring (bicyclic) bond motifs is 1. The van der Waals surface area contributed by atoms with Crippen LogP contribution in [-0.4, -0.2) is 214 Å². The molecule has 0 bridgehead atoms. The molecule has 104 heavy (non-hydrogen) atoms. The Balaban J connectivity index is 0.632. The van der Waals surface area contributed by atoms with Crippen molar-refractivity contribution in [2.24, 2.45) is 14.1 Å². The molecule has 5 N–H and O–H groups in total. The highest BCUT2D eigenvalue weighted by Gasteiger charge is 2.26. The van der Waals surface area contributed by atoms with Crippen LogP contribution in [0.3, 0.4) is 0 Å². The molecular formula is C76H103N11O16S. The number of rotatable bonds is 45. The number of carbonyl (C=O) groups excluding carboxylic acids is 4. The number of nitrogens with one attached hydrogen (secondary N) is 5. The van der Waals surface area contributed by atoms with Crippen molar-refractivity contribution < 1.29 is 70.2 Å². The number of sulfonamides is 1. The van der Waals surface area contributed by atoms with Gasteiger partial charge in [0.15, 0.2) is 28.8 Å². The van der Waals surface area contributed by atoms with Gasteiger partial charge in [0.25, 0.3) is 10.0 Å². The summed E-state index contributed by atoms with van der Waals surface area (Å²) in [5, 5.41) is 17.6. The maximum absolute atomic E-state index is 13.9. The van der Waals surface area contributed by atoms with Crippen molar-refractivity contribution in [2.45, 2.75) is 90.5 Å². The Morgan fingerprint density at radius 3 is 1.99 bits per heavy atom. The van der Waals surface area contributed by atoms with Crippen LogP contribution in [-0.2, 0) is 57.4 Å². The Morgan fingerprint density at radius 1 is 0.692 bits per heavy atom. The van der Waals surface area contributed by atoms with Crippen molar-refractivity contribution >= 4 is 67.8 Å². The minimum Gasteiger partial charge on any atom is -0.493 e. The standard InChI is InChI=1S/C76H103N11O16S/c1-11-29-101-57-43-58(45-59(44-57)103-71-48-67-66(84(7)76(92)85(67)8)47-65(71)82-104(93,94)60-15-18-70(95-9)72(46-60)96-10)102-30-13-12-23-83(6)51-75(91)79-22-32-98-34-36-100-38-37-99-35-33-97-31-20-74(90)78-21-24-86-25-27-87(28-26-86)73-19-14-55(50-80-73)56-41-62(63(49-77)64(42-56)81-52(2)3)68(88)17-16-61-54(5)39-53(4)40-69(61)89/h14-15,18-19,39,41-50,52,77,81-82H,11-13,16-17,20-38,40,51H2,1-10H3,(H,78,90)(H,79,91). The number of amides is 2. The second-order valence-electron chi connectivity index (χ2n) is 26.0.